The summed E-state index contributed by atoms with van der Waals surface area (Å²) in [5.74, 6) is 0.101. The molecule has 0 saturated carbocycles. The highest BCUT2D eigenvalue weighted by Crippen LogP contribution is 1.92. The summed E-state index contributed by atoms with van der Waals surface area (Å²) in [6.45, 7) is 2.01. The lowest BCUT2D eigenvalue weighted by molar-refractivity contribution is -0.117. The number of aromatic nitrogens is 3. The van der Waals surface area contributed by atoms with E-state index in [0.717, 1.165) is 0 Å². The molecule has 0 fully saturated rings. The second-order valence-corrected chi connectivity index (χ2v) is 2.43. The molecule has 0 aliphatic heterocycles. The Kier molecular flexibility index (Phi) is 2.53. The Morgan fingerprint density at radius 3 is 3.08 bits per heavy atom. The van der Waals surface area contributed by atoms with Crippen LogP contribution in [0, 0.1) is 11.3 Å². The number of carbonyl (C=O) groups is 1. The molecule has 0 atom stereocenters. The minimum absolute atomic E-state index is 0.101. The quantitative estimate of drug-likeness (QED) is 0.636. The summed E-state index contributed by atoms with van der Waals surface area (Å²) in [6.07, 6.45) is 1.94. The average Bonchev–Trinajstić information content (AvgIpc) is 2.48. The Morgan fingerprint density at radius 2 is 2.58 bits per heavy atom. The Balaban J connectivity index is 2.54. The fourth-order valence-electron chi connectivity index (χ4n) is 0.731. The molecule has 5 heteroatoms. The van der Waals surface area contributed by atoms with Gasteiger partial charge in [0, 0.05) is 13.0 Å². The van der Waals surface area contributed by atoms with Crippen molar-refractivity contribution in [1.29, 1.82) is 5.26 Å². The van der Waals surface area contributed by atoms with Crippen LogP contribution in [0.1, 0.15) is 19.0 Å². The number of hydrogen-bond donors (Lipinski definition) is 0. The second-order valence-electron chi connectivity index (χ2n) is 2.43. The molecule has 0 aliphatic carbocycles. The van der Waals surface area contributed by atoms with Gasteiger partial charge in [0.25, 0.3) is 0 Å². The van der Waals surface area contributed by atoms with Crippen LogP contribution in [-0.2, 0) is 11.3 Å². The summed E-state index contributed by atoms with van der Waals surface area (Å²) >= 11 is 0. The molecule has 5 nitrogen and oxygen atoms in total. The fourth-order valence-corrected chi connectivity index (χ4v) is 0.731. The van der Waals surface area contributed by atoms with E-state index in [0.29, 0.717) is 13.0 Å². The molecule has 0 N–H and O–H groups in total. The third-order valence-electron chi connectivity index (χ3n) is 1.35. The smallest absolute Gasteiger partial charge is 0.182 e. The monoisotopic (exact) mass is 164 g/mol. The van der Waals surface area contributed by atoms with Crippen LogP contribution in [0.5, 0.6) is 0 Å². The maximum absolute atomic E-state index is 10.6. The van der Waals surface area contributed by atoms with Gasteiger partial charge in [0.1, 0.15) is 11.9 Å². The minimum atomic E-state index is 0.101. The summed E-state index contributed by atoms with van der Waals surface area (Å²) < 4.78 is 1.49. The topological polar surface area (TPSA) is 71.6 Å². The Bertz CT molecular complexity index is 322. The van der Waals surface area contributed by atoms with Gasteiger partial charge < -0.3 is 0 Å². The first-order valence-electron chi connectivity index (χ1n) is 3.52. The van der Waals surface area contributed by atoms with E-state index in [9.17, 15) is 4.79 Å². The van der Waals surface area contributed by atoms with E-state index in [1.165, 1.54) is 17.8 Å². The molecule has 62 valence electrons. The zero-order valence-electron chi connectivity index (χ0n) is 6.69. The third-order valence-corrected chi connectivity index (χ3v) is 1.35. The lowest BCUT2D eigenvalue weighted by Gasteiger charge is -1.94. The maximum atomic E-state index is 10.6. The van der Waals surface area contributed by atoms with Crippen molar-refractivity contribution in [3.8, 4) is 6.07 Å². The molecular formula is C7H8N4O. The van der Waals surface area contributed by atoms with Gasteiger partial charge >= 0.3 is 0 Å². The number of nitrogens with zero attached hydrogens (tertiary/aromatic N) is 4. The molecule has 1 rings (SSSR count). The van der Waals surface area contributed by atoms with Crippen molar-refractivity contribution in [3.63, 3.8) is 0 Å². The molecule has 1 aromatic rings. The summed E-state index contributed by atoms with van der Waals surface area (Å²) in [5, 5.41) is 15.6. The van der Waals surface area contributed by atoms with Crippen LogP contribution in [0.25, 0.3) is 0 Å². The van der Waals surface area contributed by atoms with Gasteiger partial charge in [-0.3, -0.25) is 9.48 Å². The van der Waals surface area contributed by atoms with Crippen molar-refractivity contribution >= 4 is 5.78 Å². The molecule has 0 unspecified atom stereocenters. The SMILES string of the molecule is CC(=O)CCn1cc(C#N)nn1. The molecule has 0 amide bonds. The molecular weight excluding hydrogens is 156 g/mol. The normalized spacial score (nSPS) is 9.33. The van der Waals surface area contributed by atoms with Gasteiger partial charge in [-0.2, -0.15) is 5.26 Å². The first-order valence-corrected chi connectivity index (χ1v) is 3.52. The zero-order chi connectivity index (χ0) is 8.97. The van der Waals surface area contributed by atoms with Gasteiger partial charge in [0.05, 0.1) is 6.20 Å². The number of Topliss-reactive ketones (excluding diaryl/α,β-unsaturated/α-hetero) is 1. The lowest BCUT2D eigenvalue weighted by Crippen LogP contribution is -2.02. The van der Waals surface area contributed by atoms with Crippen molar-refractivity contribution in [2.75, 3.05) is 0 Å². The highest BCUT2D eigenvalue weighted by Gasteiger charge is 1.99. The number of aryl methyl sites for hydroxylation is 1. The molecule has 0 bridgehead atoms. The van der Waals surface area contributed by atoms with E-state index in [2.05, 4.69) is 10.3 Å². The predicted octanol–water partition coefficient (Wildman–Crippen LogP) is 0.129. The van der Waals surface area contributed by atoms with Crippen molar-refractivity contribution in [2.24, 2.45) is 0 Å². The largest absolute Gasteiger partial charge is 0.300 e. The molecule has 0 spiro atoms. The Morgan fingerprint density at radius 1 is 1.83 bits per heavy atom. The van der Waals surface area contributed by atoms with Crippen molar-refractivity contribution < 1.29 is 4.79 Å². The number of carbonyl (C=O) groups excluding carboxylic acids is 1. The van der Waals surface area contributed by atoms with Gasteiger partial charge in [0.2, 0.25) is 0 Å². The molecule has 0 saturated heterocycles. The summed E-state index contributed by atoms with van der Waals surface area (Å²) in [5.41, 5.74) is 0.276. The van der Waals surface area contributed by atoms with E-state index in [-0.39, 0.29) is 11.5 Å². The van der Waals surface area contributed by atoms with Crippen molar-refractivity contribution in [1.82, 2.24) is 15.0 Å². The van der Waals surface area contributed by atoms with Gasteiger partial charge in [-0.15, -0.1) is 5.10 Å². The average molecular weight is 164 g/mol. The summed E-state index contributed by atoms with van der Waals surface area (Å²) in [4.78, 5) is 10.6. The highest BCUT2D eigenvalue weighted by molar-refractivity contribution is 5.75. The number of rotatable bonds is 3. The van der Waals surface area contributed by atoms with E-state index in [1.54, 1.807) is 0 Å². The Hall–Kier alpha value is -1.70. The minimum Gasteiger partial charge on any atom is -0.300 e. The van der Waals surface area contributed by atoms with Crippen LogP contribution >= 0.6 is 0 Å². The molecule has 12 heavy (non-hydrogen) atoms. The van der Waals surface area contributed by atoms with Crippen LogP contribution in [-0.4, -0.2) is 20.8 Å². The van der Waals surface area contributed by atoms with E-state index in [1.807, 2.05) is 6.07 Å². The van der Waals surface area contributed by atoms with Gasteiger partial charge in [-0.05, 0) is 6.92 Å². The molecule has 0 aromatic carbocycles. The third kappa shape index (κ3) is 2.16. The first-order chi connectivity index (χ1) is 5.72. The van der Waals surface area contributed by atoms with Crippen LogP contribution in [0.2, 0.25) is 0 Å². The van der Waals surface area contributed by atoms with E-state index >= 15 is 0 Å². The van der Waals surface area contributed by atoms with Crippen LogP contribution in [0.4, 0.5) is 0 Å². The second kappa shape index (κ2) is 3.62. The molecule has 1 heterocycles. The Labute approximate surface area is 69.6 Å². The van der Waals surface area contributed by atoms with Crippen molar-refractivity contribution in [2.45, 2.75) is 19.9 Å². The van der Waals surface area contributed by atoms with Crippen molar-refractivity contribution in [3.05, 3.63) is 11.9 Å². The first kappa shape index (κ1) is 8.40. The number of nitriles is 1. The highest BCUT2D eigenvalue weighted by atomic mass is 16.1. The van der Waals surface area contributed by atoms with Gasteiger partial charge in [-0.1, -0.05) is 5.21 Å². The maximum Gasteiger partial charge on any atom is 0.182 e. The molecule has 0 radical (unpaired) electrons. The standard InChI is InChI=1S/C7H8N4O/c1-6(12)2-3-11-5-7(4-8)9-10-11/h5H,2-3H2,1H3. The van der Waals surface area contributed by atoms with Gasteiger partial charge in [0.15, 0.2) is 5.69 Å². The molecule has 1 aromatic heterocycles. The van der Waals surface area contributed by atoms with Gasteiger partial charge in [-0.25, -0.2) is 0 Å². The van der Waals surface area contributed by atoms with Crippen LogP contribution in [0.15, 0.2) is 6.20 Å². The summed E-state index contributed by atoms with van der Waals surface area (Å²) in [7, 11) is 0. The van der Waals surface area contributed by atoms with E-state index < -0.39 is 0 Å². The fraction of sp³-hybridized carbons (Fsp3) is 0.429. The lowest BCUT2D eigenvalue weighted by atomic mass is 10.3. The predicted molar refractivity (Wildman–Crippen MR) is 40.0 cm³/mol. The number of hydrogen-bond acceptors (Lipinski definition) is 4. The zero-order valence-corrected chi connectivity index (χ0v) is 6.69. The van der Waals surface area contributed by atoms with Crippen LogP contribution < -0.4 is 0 Å². The number of ketones is 1. The summed E-state index contributed by atoms with van der Waals surface area (Å²) in [6, 6.07) is 1.86. The molecule has 0 aliphatic rings. The van der Waals surface area contributed by atoms with E-state index in [4.69, 9.17) is 5.26 Å². The van der Waals surface area contributed by atoms with Crippen LogP contribution in [0.3, 0.4) is 0 Å².